The molecule has 1 aromatic heterocycles. The molecule has 0 saturated heterocycles. The predicted octanol–water partition coefficient (Wildman–Crippen LogP) is 3.14. The van der Waals surface area contributed by atoms with Crippen molar-refractivity contribution in [3.8, 4) is 11.5 Å². The first-order valence-electron chi connectivity index (χ1n) is 4.65. The second-order valence-electron chi connectivity index (χ2n) is 3.36. The van der Waals surface area contributed by atoms with Gasteiger partial charge in [0.2, 0.25) is 11.7 Å². The number of rotatable bonds is 2. The molecule has 0 radical (unpaired) electrons. The molecular formula is C11H7ClFNO3. The Labute approximate surface area is 101 Å². The van der Waals surface area contributed by atoms with Crippen molar-refractivity contribution in [2.75, 3.05) is 0 Å². The molecule has 0 aliphatic heterocycles. The number of benzene rings is 1. The van der Waals surface area contributed by atoms with Crippen molar-refractivity contribution in [2.45, 2.75) is 6.92 Å². The molecule has 1 heterocycles. The number of carbonyl (C=O) groups is 1. The van der Waals surface area contributed by atoms with Gasteiger partial charge in [0.15, 0.2) is 0 Å². The molecule has 0 unspecified atom stereocenters. The summed E-state index contributed by atoms with van der Waals surface area (Å²) in [5, 5.41) is 9.11. The molecule has 0 fully saturated rings. The van der Waals surface area contributed by atoms with Gasteiger partial charge in [0.25, 0.3) is 0 Å². The highest BCUT2D eigenvalue weighted by molar-refractivity contribution is 6.30. The zero-order chi connectivity index (χ0) is 12.6. The Morgan fingerprint density at radius 2 is 2.24 bits per heavy atom. The molecular weight excluding hydrogens is 249 g/mol. The van der Waals surface area contributed by atoms with Gasteiger partial charge in [-0.2, -0.15) is 0 Å². The lowest BCUT2D eigenvalue weighted by atomic mass is 10.2. The Hall–Kier alpha value is -1.88. The lowest BCUT2D eigenvalue weighted by Crippen LogP contribution is -1.95. The van der Waals surface area contributed by atoms with E-state index in [0.717, 1.165) is 6.07 Å². The van der Waals surface area contributed by atoms with Gasteiger partial charge < -0.3 is 9.52 Å². The highest BCUT2D eigenvalue weighted by Crippen LogP contribution is 2.27. The number of carboxylic acid groups (broad SMARTS) is 1. The van der Waals surface area contributed by atoms with E-state index in [9.17, 15) is 9.18 Å². The molecule has 0 aliphatic rings. The molecule has 0 spiro atoms. The number of aromatic carboxylic acids is 1. The van der Waals surface area contributed by atoms with E-state index in [2.05, 4.69) is 4.98 Å². The second-order valence-corrected chi connectivity index (χ2v) is 3.80. The van der Waals surface area contributed by atoms with E-state index in [1.54, 1.807) is 0 Å². The van der Waals surface area contributed by atoms with E-state index in [0.29, 0.717) is 5.02 Å². The largest absolute Gasteiger partial charge is 0.475 e. The van der Waals surface area contributed by atoms with Crippen LogP contribution in [-0.2, 0) is 0 Å². The van der Waals surface area contributed by atoms with Gasteiger partial charge in [0.1, 0.15) is 5.82 Å². The maximum Gasteiger partial charge on any atom is 0.373 e. The van der Waals surface area contributed by atoms with Crippen LogP contribution in [0.5, 0.6) is 0 Å². The SMILES string of the molecule is Cc1nc(-c2cc(Cl)ccc2F)oc1C(=O)O. The number of oxazole rings is 1. The third-order valence-electron chi connectivity index (χ3n) is 2.15. The Kier molecular flexibility index (Phi) is 2.85. The van der Waals surface area contributed by atoms with Crippen LogP contribution in [0.2, 0.25) is 5.02 Å². The van der Waals surface area contributed by atoms with Crippen LogP contribution >= 0.6 is 11.6 Å². The third-order valence-corrected chi connectivity index (χ3v) is 2.38. The highest BCUT2D eigenvalue weighted by atomic mass is 35.5. The summed E-state index contributed by atoms with van der Waals surface area (Å²) in [6, 6.07) is 3.87. The van der Waals surface area contributed by atoms with E-state index < -0.39 is 11.8 Å². The van der Waals surface area contributed by atoms with Gasteiger partial charge in [-0.15, -0.1) is 0 Å². The Bertz CT molecular complexity index is 594. The molecule has 1 aromatic carbocycles. The van der Waals surface area contributed by atoms with Crippen molar-refractivity contribution >= 4 is 17.6 Å². The van der Waals surface area contributed by atoms with Gasteiger partial charge in [-0.05, 0) is 25.1 Å². The van der Waals surface area contributed by atoms with E-state index in [1.807, 2.05) is 0 Å². The topological polar surface area (TPSA) is 63.3 Å². The number of aryl methyl sites for hydroxylation is 1. The monoisotopic (exact) mass is 255 g/mol. The van der Waals surface area contributed by atoms with Crippen LogP contribution < -0.4 is 0 Å². The smallest absolute Gasteiger partial charge is 0.373 e. The quantitative estimate of drug-likeness (QED) is 0.895. The normalized spacial score (nSPS) is 10.5. The molecule has 0 bridgehead atoms. The molecule has 4 nitrogen and oxygen atoms in total. The van der Waals surface area contributed by atoms with Crippen LogP contribution in [0.4, 0.5) is 4.39 Å². The summed E-state index contributed by atoms with van der Waals surface area (Å²) in [5.41, 5.74) is 0.222. The van der Waals surface area contributed by atoms with E-state index in [1.165, 1.54) is 19.1 Å². The predicted molar refractivity (Wildman–Crippen MR) is 58.6 cm³/mol. The Morgan fingerprint density at radius 3 is 2.82 bits per heavy atom. The molecule has 88 valence electrons. The van der Waals surface area contributed by atoms with E-state index >= 15 is 0 Å². The summed E-state index contributed by atoms with van der Waals surface area (Å²) in [7, 11) is 0. The van der Waals surface area contributed by atoms with Crippen molar-refractivity contribution in [3.63, 3.8) is 0 Å². The first-order chi connectivity index (χ1) is 7.99. The van der Waals surface area contributed by atoms with Gasteiger partial charge in [-0.25, -0.2) is 14.2 Å². The summed E-state index contributed by atoms with van der Waals surface area (Å²) in [6.07, 6.45) is 0. The minimum atomic E-state index is -1.25. The van der Waals surface area contributed by atoms with Crippen LogP contribution in [0.15, 0.2) is 22.6 Å². The minimum Gasteiger partial charge on any atom is -0.475 e. The van der Waals surface area contributed by atoms with Crippen LogP contribution in [0.25, 0.3) is 11.5 Å². The van der Waals surface area contributed by atoms with Gasteiger partial charge in [0.05, 0.1) is 11.3 Å². The first kappa shape index (κ1) is 11.6. The van der Waals surface area contributed by atoms with Crippen molar-refractivity contribution in [1.29, 1.82) is 0 Å². The number of hydrogen-bond donors (Lipinski definition) is 1. The van der Waals surface area contributed by atoms with Crippen molar-refractivity contribution in [3.05, 3.63) is 40.5 Å². The second kappa shape index (κ2) is 4.18. The average molecular weight is 256 g/mol. The summed E-state index contributed by atoms with van der Waals surface area (Å²) in [6.45, 7) is 1.47. The molecule has 0 amide bonds. The van der Waals surface area contributed by atoms with Gasteiger partial charge in [-0.3, -0.25) is 0 Å². The summed E-state index contributed by atoms with van der Waals surface area (Å²) in [4.78, 5) is 14.6. The molecule has 2 rings (SSSR count). The van der Waals surface area contributed by atoms with Crippen LogP contribution in [0, 0.1) is 12.7 Å². The number of carboxylic acids is 1. The lowest BCUT2D eigenvalue weighted by Gasteiger charge is -1.98. The van der Waals surface area contributed by atoms with Gasteiger partial charge in [0, 0.05) is 5.02 Å². The first-order valence-corrected chi connectivity index (χ1v) is 5.03. The summed E-state index contributed by atoms with van der Waals surface area (Å²) < 4.78 is 18.5. The fourth-order valence-corrected chi connectivity index (χ4v) is 1.54. The third kappa shape index (κ3) is 2.14. The average Bonchev–Trinajstić information content (AvgIpc) is 2.64. The highest BCUT2D eigenvalue weighted by Gasteiger charge is 2.19. The maximum atomic E-state index is 13.5. The molecule has 6 heteroatoms. The van der Waals surface area contributed by atoms with Crippen LogP contribution in [0.1, 0.15) is 16.2 Å². The zero-order valence-corrected chi connectivity index (χ0v) is 9.45. The van der Waals surface area contributed by atoms with Gasteiger partial charge in [-0.1, -0.05) is 11.6 Å². The number of halogens is 2. The van der Waals surface area contributed by atoms with Crippen molar-refractivity contribution < 1.29 is 18.7 Å². The number of aromatic nitrogens is 1. The van der Waals surface area contributed by atoms with E-state index in [-0.39, 0.29) is 22.9 Å². The molecule has 0 atom stereocenters. The molecule has 0 saturated carbocycles. The Balaban J connectivity index is 2.57. The fourth-order valence-electron chi connectivity index (χ4n) is 1.37. The maximum absolute atomic E-state index is 13.5. The zero-order valence-electron chi connectivity index (χ0n) is 8.70. The molecule has 17 heavy (non-hydrogen) atoms. The summed E-state index contributed by atoms with van der Waals surface area (Å²) >= 11 is 5.72. The van der Waals surface area contributed by atoms with Crippen LogP contribution in [0.3, 0.4) is 0 Å². The number of hydrogen-bond acceptors (Lipinski definition) is 3. The summed E-state index contributed by atoms with van der Waals surface area (Å²) in [5.74, 6) is -2.23. The van der Waals surface area contributed by atoms with Crippen LogP contribution in [-0.4, -0.2) is 16.1 Å². The lowest BCUT2D eigenvalue weighted by molar-refractivity contribution is 0.0662. The molecule has 1 N–H and O–H groups in total. The molecule has 2 aromatic rings. The Morgan fingerprint density at radius 1 is 1.53 bits per heavy atom. The number of nitrogens with zero attached hydrogens (tertiary/aromatic N) is 1. The van der Waals surface area contributed by atoms with Crippen molar-refractivity contribution in [2.24, 2.45) is 0 Å². The van der Waals surface area contributed by atoms with Crippen molar-refractivity contribution in [1.82, 2.24) is 4.98 Å². The fraction of sp³-hybridized carbons (Fsp3) is 0.0909. The van der Waals surface area contributed by atoms with E-state index in [4.69, 9.17) is 21.1 Å². The minimum absolute atomic E-state index is 0.0353. The van der Waals surface area contributed by atoms with Gasteiger partial charge >= 0.3 is 5.97 Å². The molecule has 0 aliphatic carbocycles. The standard InChI is InChI=1S/C11H7ClFNO3/c1-5-9(11(15)16)17-10(14-5)7-4-6(12)2-3-8(7)13/h2-4H,1H3,(H,15,16).